The molecule has 2 aromatic rings. The van der Waals surface area contributed by atoms with Crippen LogP contribution in [-0.2, 0) is 42.1 Å². The third-order valence-electron chi connectivity index (χ3n) is 4.46. The second kappa shape index (κ2) is 10.8. The number of benzene rings is 2. The van der Waals surface area contributed by atoms with E-state index < -0.39 is 23.3 Å². The Morgan fingerprint density at radius 2 is 1.37 bits per heavy atom. The summed E-state index contributed by atoms with van der Waals surface area (Å²) in [5, 5.41) is 21.9. The first kappa shape index (κ1) is 23.5. The maximum absolute atomic E-state index is 12.7. The van der Waals surface area contributed by atoms with Gasteiger partial charge in [-0.25, -0.2) is 9.59 Å². The third kappa shape index (κ3) is 5.43. The standard InChI is InChI=1S/C22H26O8/c1-3-21(25,19(23)27-4-2)22(26,28-15-17-11-7-5-8-12-17)20(24)30-29-16-18-13-9-6-10-14-18/h5-14,25-26H,3-4,15-16H2,1-2H3. The van der Waals surface area contributed by atoms with Gasteiger partial charge in [-0.3, -0.25) is 4.89 Å². The van der Waals surface area contributed by atoms with Gasteiger partial charge >= 0.3 is 17.7 Å². The van der Waals surface area contributed by atoms with Crippen LogP contribution in [0.1, 0.15) is 31.4 Å². The summed E-state index contributed by atoms with van der Waals surface area (Å²) in [6.45, 7) is 2.46. The molecular formula is C22H26O8. The minimum Gasteiger partial charge on any atom is -0.464 e. The molecule has 0 spiro atoms. The lowest BCUT2D eigenvalue weighted by Crippen LogP contribution is -2.65. The molecule has 2 unspecified atom stereocenters. The first-order valence-corrected chi connectivity index (χ1v) is 9.55. The summed E-state index contributed by atoms with van der Waals surface area (Å²) in [5.74, 6) is -5.77. The van der Waals surface area contributed by atoms with E-state index in [0.717, 1.165) is 0 Å². The lowest BCUT2D eigenvalue weighted by molar-refractivity contribution is -0.343. The van der Waals surface area contributed by atoms with Crippen LogP contribution < -0.4 is 0 Å². The average molecular weight is 418 g/mol. The van der Waals surface area contributed by atoms with Crippen molar-refractivity contribution in [3.63, 3.8) is 0 Å². The first-order valence-electron chi connectivity index (χ1n) is 9.55. The predicted molar refractivity (Wildman–Crippen MR) is 105 cm³/mol. The molecule has 0 heterocycles. The quantitative estimate of drug-likeness (QED) is 0.247. The molecular weight excluding hydrogens is 392 g/mol. The van der Waals surface area contributed by atoms with Gasteiger partial charge in [0.25, 0.3) is 0 Å². The highest BCUT2D eigenvalue weighted by molar-refractivity contribution is 5.91. The molecule has 8 heteroatoms. The van der Waals surface area contributed by atoms with E-state index in [4.69, 9.17) is 19.2 Å². The van der Waals surface area contributed by atoms with Crippen LogP contribution in [0.2, 0.25) is 0 Å². The molecule has 0 aliphatic carbocycles. The summed E-state index contributed by atoms with van der Waals surface area (Å²) in [4.78, 5) is 34.7. The molecule has 0 aliphatic heterocycles. The molecule has 0 saturated carbocycles. The summed E-state index contributed by atoms with van der Waals surface area (Å²) in [7, 11) is 0. The predicted octanol–water partition coefficient (Wildman–Crippen LogP) is 2.27. The maximum Gasteiger partial charge on any atom is 0.404 e. The highest BCUT2D eigenvalue weighted by atomic mass is 17.2. The van der Waals surface area contributed by atoms with Gasteiger partial charge in [-0.15, -0.1) is 0 Å². The number of hydrogen-bond acceptors (Lipinski definition) is 8. The van der Waals surface area contributed by atoms with Crippen LogP contribution in [-0.4, -0.2) is 40.1 Å². The van der Waals surface area contributed by atoms with Crippen molar-refractivity contribution in [2.75, 3.05) is 6.61 Å². The number of hydrogen-bond donors (Lipinski definition) is 2. The Morgan fingerprint density at radius 3 is 1.87 bits per heavy atom. The molecule has 30 heavy (non-hydrogen) atoms. The van der Waals surface area contributed by atoms with Crippen molar-refractivity contribution in [2.45, 2.75) is 44.9 Å². The van der Waals surface area contributed by atoms with Gasteiger partial charge in [0.1, 0.15) is 6.61 Å². The van der Waals surface area contributed by atoms with Crippen LogP contribution in [0.5, 0.6) is 0 Å². The molecule has 2 rings (SSSR count). The van der Waals surface area contributed by atoms with Gasteiger partial charge in [0.15, 0.2) is 0 Å². The van der Waals surface area contributed by atoms with Gasteiger partial charge in [0.2, 0.25) is 5.60 Å². The molecule has 8 nitrogen and oxygen atoms in total. The van der Waals surface area contributed by atoms with Crippen LogP contribution in [0, 0.1) is 0 Å². The van der Waals surface area contributed by atoms with Crippen molar-refractivity contribution < 1.29 is 39.1 Å². The zero-order valence-electron chi connectivity index (χ0n) is 16.9. The molecule has 0 aliphatic rings. The second-order valence-electron chi connectivity index (χ2n) is 6.47. The summed E-state index contributed by atoms with van der Waals surface area (Å²) in [5.41, 5.74) is -1.42. The monoisotopic (exact) mass is 418 g/mol. The van der Waals surface area contributed by atoms with Crippen molar-refractivity contribution in [2.24, 2.45) is 0 Å². The molecule has 0 fully saturated rings. The van der Waals surface area contributed by atoms with E-state index in [-0.39, 0.29) is 26.2 Å². The van der Waals surface area contributed by atoms with E-state index in [1.807, 2.05) is 6.07 Å². The fraction of sp³-hybridized carbons (Fsp3) is 0.364. The molecule has 0 radical (unpaired) electrons. The van der Waals surface area contributed by atoms with E-state index in [1.165, 1.54) is 13.8 Å². The highest BCUT2D eigenvalue weighted by Gasteiger charge is 2.63. The summed E-state index contributed by atoms with van der Waals surface area (Å²) in [6, 6.07) is 17.5. The zero-order valence-corrected chi connectivity index (χ0v) is 16.9. The highest BCUT2D eigenvalue weighted by Crippen LogP contribution is 2.32. The number of carbonyl (C=O) groups is 2. The Balaban J connectivity index is 2.21. The Labute approximate surface area is 174 Å². The van der Waals surface area contributed by atoms with Crippen LogP contribution in [0.25, 0.3) is 0 Å². The summed E-state index contributed by atoms with van der Waals surface area (Å²) >= 11 is 0. The van der Waals surface area contributed by atoms with Gasteiger partial charge in [-0.05, 0) is 24.5 Å². The van der Waals surface area contributed by atoms with Crippen LogP contribution in [0.15, 0.2) is 60.7 Å². The van der Waals surface area contributed by atoms with Crippen LogP contribution >= 0.6 is 0 Å². The van der Waals surface area contributed by atoms with E-state index in [9.17, 15) is 19.8 Å². The van der Waals surface area contributed by atoms with Crippen molar-refractivity contribution in [3.8, 4) is 0 Å². The number of rotatable bonds is 11. The van der Waals surface area contributed by atoms with Crippen LogP contribution in [0.3, 0.4) is 0 Å². The third-order valence-corrected chi connectivity index (χ3v) is 4.46. The molecule has 2 N–H and O–H groups in total. The number of esters is 1. The van der Waals surface area contributed by atoms with Gasteiger partial charge < -0.3 is 19.7 Å². The average Bonchev–Trinajstić information content (AvgIpc) is 2.78. The van der Waals surface area contributed by atoms with E-state index in [0.29, 0.717) is 11.1 Å². The molecule has 0 aromatic heterocycles. The number of aliphatic hydroxyl groups is 2. The van der Waals surface area contributed by atoms with E-state index in [1.54, 1.807) is 54.6 Å². The number of ether oxygens (including phenoxy) is 2. The van der Waals surface area contributed by atoms with Gasteiger partial charge in [0, 0.05) is 0 Å². The molecule has 2 aromatic carbocycles. The Kier molecular flexibility index (Phi) is 8.49. The molecule has 0 saturated heterocycles. The largest absolute Gasteiger partial charge is 0.464 e. The molecule has 0 bridgehead atoms. The molecule has 2 atom stereocenters. The zero-order chi connectivity index (χ0) is 22.0. The second-order valence-corrected chi connectivity index (χ2v) is 6.47. The van der Waals surface area contributed by atoms with Crippen molar-refractivity contribution >= 4 is 11.9 Å². The lowest BCUT2D eigenvalue weighted by atomic mass is 9.89. The van der Waals surface area contributed by atoms with Crippen molar-refractivity contribution in [3.05, 3.63) is 71.8 Å². The summed E-state index contributed by atoms with van der Waals surface area (Å²) in [6.07, 6.45) is -0.384. The maximum atomic E-state index is 12.7. The first-order chi connectivity index (χ1) is 14.4. The fourth-order valence-corrected chi connectivity index (χ4v) is 2.66. The normalized spacial score (nSPS) is 14.9. The van der Waals surface area contributed by atoms with Gasteiger partial charge in [0.05, 0.1) is 13.2 Å². The van der Waals surface area contributed by atoms with Crippen molar-refractivity contribution in [1.82, 2.24) is 0 Å². The number of carbonyl (C=O) groups excluding carboxylic acids is 2. The SMILES string of the molecule is CCOC(=O)C(O)(CC)C(O)(OCc1ccccc1)C(=O)OOCc1ccccc1. The smallest absolute Gasteiger partial charge is 0.404 e. The van der Waals surface area contributed by atoms with Gasteiger partial charge in [-0.2, -0.15) is 4.89 Å². The van der Waals surface area contributed by atoms with Gasteiger partial charge in [-0.1, -0.05) is 67.6 Å². The van der Waals surface area contributed by atoms with Crippen LogP contribution in [0.4, 0.5) is 0 Å². The van der Waals surface area contributed by atoms with Crippen molar-refractivity contribution in [1.29, 1.82) is 0 Å². The Bertz CT molecular complexity index is 810. The minimum absolute atomic E-state index is 0.0739. The minimum atomic E-state index is -3.07. The summed E-state index contributed by atoms with van der Waals surface area (Å²) < 4.78 is 10.2. The van der Waals surface area contributed by atoms with E-state index >= 15 is 0 Å². The lowest BCUT2D eigenvalue weighted by Gasteiger charge is -2.37. The molecule has 162 valence electrons. The van der Waals surface area contributed by atoms with E-state index in [2.05, 4.69) is 0 Å². The molecule has 0 amide bonds. The topological polar surface area (TPSA) is 112 Å². The Hall–Kier alpha value is -2.78. The fourth-order valence-electron chi connectivity index (χ4n) is 2.66. The Morgan fingerprint density at radius 1 is 0.833 bits per heavy atom.